The van der Waals surface area contributed by atoms with Gasteiger partial charge in [0.25, 0.3) is 0 Å². The SMILES string of the molecule is CCCC(=O)NC1CCN(C(=O)CCCNC)CC1. The monoisotopic (exact) mass is 269 g/mol. The molecule has 0 spiro atoms. The Morgan fingerprint density at radius 1 is 1.21 bits per heavy atom. The lowest BCUT2D eigenvalue weighted by Crippen LogP contribution is -2.46. The van der Waals surface area contributed by atoms with Crippen LogP contribution in [0.15, 0.2) is 0 Å². The Morgan fingerprint density at radius 3 is 2.47 bits per heavy atom. The third kappa shape index (κ3) is 6.05. The molecule has 110 valence electrons. The molecule has 0 bridgehead atoms. The summed E-state index contributed by atoms with van der Waals surface area (Å²) in [5.41, 5.74) is 0. The number of carbonyl (C=O) groups is 2. The van der Waals surface area contributed by atoms with Crippen LogP contribution in [0.1, 0.15) is 45.4 Å². The highest BCUT2D eigenvalue weighted by molar-refractivity contribution is 5.77. The van der Waals surface area contributed by atoms with E-state index in [2.05, 4.69) is 10.6 Å². The van der Waals surface area contributed by atoms with Crippen molar-refractivity contribution in [3.8, 4) is 0 Å². The molecule has 0 aliphatic carbocycles. The van der Waals surface area contributed by atoms with Gasteiger partial charge in [0, 0.05) is 32.0 Å². The first-order valence-electron chi connectivity index (χ1n) is 7.39. The summed E-state index contributed by atoms with van der Waals surface area (Å²) in [5.74, 6) is 0.384. The van der Waals surface area contributed by atoms with Crippen molar-refractivity contribution in [3.05, 3.63) is 0 Å². The van der Waals surface area contributed by atoms with E-state index in [9.17, 15) is 9.59 Å². The van der Waals surface area contributed by atoms with Crippen LogP contribution in [-0.4, -0.2) is 49.4 Å². The Hall–Kier alpha value is -1.10. The smallest absolute Gasteiger partial charge is 0.222 e. The number of hydrogen-bond donors (Lipinski definition) is 2. The number of likely N-dealkylation sites (tertiary alicyclic amines) is 1. The van der Waals surface area contributed by atoms with E-state index in [0.717, 1.165) is 45.3 Å². The standard InChI is InChI=1S/C14H27N3O2/c1-3-5-13(18)16-12-7-10-17(11-8-12)14(19)6-4-9-15-2/h12,15H,3-11H2,1-2H3,(H,16,18). The molecule has 0 aromatic heterocycles. The molecule has 1 saturated heterocycles. The van der Waals surface area contributed by atoms with Crippen LogP contribution in [0, 0.1) is 0 Å². The molecular formula is C14H27N3O2. The van der Waals surface area contributed by atoms with E-state index in [-0.39, 0.29) is 17.9 Å². The van der Waals surface area contributed by atoms with E-state index in [0.29, 0.717) is 12.8 Å². The van der Waals surface area contributed by atoms with Gasteiger partial charge in [0.2, 0.25) is 11.8 Å². The minimum Gasteiger partial charge on any atom is -0.353 e. The van der Waals surface area contributed by atoms with E-state index in [1.165, 1.54) is 0 Å². The Kier molecular flexibility index (Phi) is 7.48. The second kappa shape index (κ2) is 8.91. The lowest BCUT2D eigenvalue weighted by Gasteiger charge is -2.32. The highest BCUT2D eigenvalue weighted by Gasteiger charge is 2.23. The summed E-state index contributed by atoms with van der Waals surface area (Å²) in [6, 6.07) is 0.250. The van der Waals surface area contributed by atoms with E-state index in [1.54, 1.807) is 0 Å². The van der Waals surface area contributed by atoms with Crippen molar-refractivity contribution in [1.82, 2.24) is 15.5 Å². The third-order valence-electron chi connectivity index (χ3n) is 3.51. The van der Waals surface area contributed by atoms with Gasteiger partial charge in [-0.1, -0.05) is 6.92 Å². The normalized spacial score (nSPS) is 16.4. The number of nitrogens with one attached hydrogen (secondary N) is 2. The van der Waals surface area contributed by atoms with Crippen molar-refractivity contribution in [3.63, 3.8) is 0 Å². The molecule has 5 nitrogen and oxygen atoms in total. The summed E-state index contributed by atoms with van der Waals surface area (Å²) < 4.78 is 0. The molecule has 0 aromatic rings. The van der Waals surface area contributed by atoms with Gasteiger partial charge in [-0.3, -0.25) is 9.59 Å². The Bertz CT molecular complexity index is 286. The predicted molar refractivity (Wildman–Crippen MR) is 75.8 cm³/mol. The molecule has 1 aliphatic rings. The van der Waals surface area contributed by atoms with Crippen molar-refractivity contribution in [2.45, 2.75) is 51.5 Å². The van der Waals surface area contributed by atoms with Gasteiger partial charge in [-0.25, -0.2) is 0 Å². The van der Waals surface area contributed by atoms with Gasteiger partial charge in [-0.15, -0.1) is 0 Å². The lowest BCUT2D eigenvalue weighted by atomic mass is 10.0. The van der Waals surface area contributed by atoms with Gasteiger partial charge in [-0.2, -0.15) is 0 Å². The summed E-state index contributed by atoms with van der Waals surface area (Å²) in [6.45, 7) is 4.44. The Balaban J connectivity index is 2.21. The average Bonchev–Trinajstić information content (AvgIpc) is 2.40. The van der Waals surface area contributed by atoms with Crippen LogP contribution in [0.2, 0.25) is 0 Å². The van der Waals surface area contributed by atoms with E-state index in [4.69, 9.17) is 0 Å². The van der Waals surface area contributed by atoms with Crippen LogP contribution in [0.25, 0.3) is 0 Å². The molecule has 19 heavy (non-hydrogen) atoms. The summed E-state index contributed by atoms with van der Waals surface area (Å²) in [5, 5.41) is 6.09. The van der Waals surface area contributed by atoms with Gasteiger partial charge in [0.1, 0.15) is 0 Å². The maximum absolute atomic E-state index is 11.9. The maximum Gasteiger partial charge on any atom is 0.222 e. The number of amides is 2. The fraction of sp³-hybridized carbons (Fsp3) is 0.857. The zero-order valence-corrected chi connectivity index (χ0v) is 12.2. The zero-order chi connectivity index (χ0) is 14.1. The summed E-state index contributed by atoms with van der Waals surface area (Å²) in [7, 11) is 1.90. The summed E-state index contributed by atoms with van der Waals surface area (Å²) >= 11 is 0. The van der Waals surface area contributed by atoms with E-state index in [1.807, 2.05) is 18.9 Å². The Labute approximate surface area is 116 Å². The van der Waals surface area contributed by atoms with Crippen molar-refractivity contribution >= 4 is 11.8 Å². The van der Waals surface area contributed by atoms with Gasteiger partial charge in [-0.05, 0) is 39.3 Å². The topological polar surface area (TPSA) is 61.4 Å². The molecule has 1 heterocycles. The largest absolute Gasteiger partial charge is 0.353 e. The van der Waals surface area contributed by atoms with Crippen molar-refractivity contribution in [2.24, 2.45) is 0 Å². The minimum absolute atomic E-state index is 0.140. The number of nitrogens with zero attached hydrogens (tertiary/aromatic N) is 1. The van der Waals surface area contributed by atoms with Gasteiger partial charge >= 0.3 is 0 Å². The first-order valence-corrected chi connectivity index (χ1v) is 7.39. The molecular weight excluding hydrogens is 242 g/mol. The first kappa shape index (κ1) is 16.0. The van der Waals surface area contributed by atoms with Crippen LogP contribution < -0.4 is 10.6 Å². The van der Waals surface area contributed by atoms with Crippen molar-refractivity contribution in [1.29, 1.82) is 0 Å². The maximum atomic E-state index is 11.9. The van der Waals surface area contributed by atoms with Gasteiger partial charge in [0.15, 0.2) is 0 Å². The molecule has 2 amide bonds. The number of piperidine rings is 1. The predicted octanol–water partition coefficient (Wildman–Crippen LogP) is 0.893. The fourth-order valence-corrected chi connectivity index (χ4v) is 2.37. The van der Waals surface area contributed by atoms with Crippen LogP contribution in [0.5, 0.6) is 0 Å². The molecule has 1 rings (SSSR count). The van der Waals surface area contributed by atoms with Crippen molar-refractivity contribution in [2.75, 3.05) is 26.7 Å². The summed E-state index contributed by atoms with van der Waals surface area (Å²) in [4.78, 5) is 25.3. The highest BCUT2D eigenvalue weighted by Crippen LogP contribution is 2.12. The van der Waals surface area contributed by atoms with Crippen LogP contribution in [-0.2, 0) is 9.59 Å². The quantitative estimate of drug-likeness (QED) is 0.675. The molecule has 0 atom stereocenters. The van der Waals surface area contributed by atoms with Gasteiger partial charge < -0.3 is 15.5 Å². The molecule has 0 radical (unpaired) electrons. The third-order valence-corrected chi connectivity index (χ3v) is 3.51. The lowest BCUT2D eigenvalue weighted by molar-refractivity contribution is -0.132. The highest BCUT2D eigenvalue weighted by atomic mass is 16.2. The van der Waals surface area contributed by atoms with E-state index >= 15 is 0 Å². The Morgan fingerprint density at radius 2 is 1.89 bits per heavy atom. The molecule has 0 unspecified atom stereocenters. The molecule has 2 N–H and O–H groups in total. The number of rotatable bonds is 7. The van der Waals surface area contributed by atoms with Gasteiger partial charge in [0.05, 0.1) is 0 Å². The average molecular weight is 269 g/mol. The second-order valence-electron chi connectivity index (χ2n) is 5.18. The summed E-state index contributed by atoms with van der Waals surface area (Å²) in [6.07, 6.45) is 4.76. The van der Waals surface area contributed by atoms with Crippen molar-refractivity contribution < 1.29 is 9.59 Å². The number of carbonyl (C=O) groups excluding carboxylic acids is 2. The first-order chi connectivity index (χ1) is 9.17. The second-order valence-corrected chi connectivity index (χ2v) is 5.18. The van der Waals surface area contributed by atoms with Crippen LogP contribution in [0.4, 0.5) is 0 Å². The van der Waals surface area contributed by atoms with Crippen LogP contribution in [0.3, 0.4) is 0 Å². The minimum atomic E-state index is 0.140. The number of hydrogen-bond acceptors (Lipinski definition) is 3. The van der Waals surface area contributed by atoms with Crippen LogP contribution >= 0.6 is 0 Å². The molecule has 0 saturated carbocycles. The molecule has 0 aromatic carbocycles. The molecule has 1 aliphatic heterocycles. The zero-order valence-electron chi connectivity index (χ0n) is 12.2. The molecule has 1 fully saturated rings. The van der Waals surface area contributed by atoms with E-state index < -0.39 is 0 Å². The fourth-order valence-electron chi connectivity index (χ4n) is 2.37. The molecule has 5 heteroatoms.